The molecule has 0 fully saturated rings. The number of hydrogen-bond donors (Lipinski definition) is 1. The standard InChI is InChI=1S/C15H17NO3/c1-10-4-5-14(13(8-10)15(17)18-3)16-11(2)12-6-7-19-9-12/h4-9,11,16H,1-3H3. The van der Waals surface area contributed by atoms with Crippen molar-refractivity contribution in [3.8, 4) is 0 Å². The van der Waals surface area contributed by atoms with Gasteiger partial charge in [-0.1, -0.05) is 11.6 Å². The fourth-order valence-electron chi connectivity index (χ4n) is 1.90. The lowest BCUT2D eigenvalue weighted by molar-refractivity contribution is 0.0601. The largest absolute Gasteiger partial charge is 0.472 e. The summed E-state index contributed by atoms with van der Waals surface area (Å²) >= 11 is 0. The molecule has 0 aliphatic heterocycles. The summed E-state index contributed by atoms with van der Waals surface area (Å²) in [6, 6.07) is 7.60. The fourth-order valence-corrected chi connectivity index (χ4v) is 1.90. The number of carbonyl (C=O) groups is 1. The van der Waals surface area contributed by atoms with E-state index in [1.54, 1.807) is 12.5 Å². The summed E-state index contributed by atoms with van der Waals surface area (Å²) in [7, 11) is 1.38. The van der Waals surface area contributed by atoms with Crippen LogP contribution in [0, 0.1) is 6.92 Å². The molecule has 19 heavy (non-hydrogen) atoms. The number of benzene rings is 1. The summed E-state index contributed by atoms with van der Waals surface area (Å²) < 4.78 is 9.87. The molecule has 0 aliphatic rings. The van der Waals surface area contributed by atoms with Crippen molar-refractivity contribution in [1.29, 1.82) is 0 Å². The highest BCUT2D eigenvalue weighted by atomic mass is 16.5. The summed E-state index contributed by atoms with van der Waals surface area (Å²) in [4.78, 5) is 11.8. The highest BCUT2D eigenvalue weighted by Crippen LogP contribution is 2.24. The Bertz CT molecular complexity index is 561. The molecule has 0 spiro atoms. The Labute approximate surface area is 112 Å². The van der Waals surface area contributed by atoms with Crippen molar-refractivity contribution in [3.05, 3.63) is 53.5 Å². The monoisotopic (exact) mass is 259 g/mol. The average molecular weight is 259 g/mol. The van der Waals surface area contributed by atoms with Crippen molar-refractivity contribution in [2.45, 2.75) is 19.9 Å². The molecule has 1 atom stereocenters. The lowest BCUT2D eigenvalue weighted by Crippen LogP contribution is -2.11. The van der Waals surface area contributed by atoms with E-state index in [9.17, 15) is 4.79 Å². The van der Waals surface area contributed by atoms with E-state index in [1.165, 1.54) is 7.11 Å². The van der Waals surface area contributed by atoms with Gasteiger partial charge in [-0.3, -0.25) is 0 Å². The summed E-state index contributed by atoms with van der Waals surface area (Å²) in [5.74, 6) is -0.342. The van der Waals surface area contributed by atoms with Crippen LogP contribution in [0.15, 0.2) is 41.2 Å². The molecule has 0 amide bonds. The van der Waals surface area contributed by atoms with E-state index in [2.05, 4.69) is 5.32 Å². The van der Waals surface area contributed by atoms with Crippen LogP contribution in [0.5, 0.6) is 0 Å². The van der Waals surface area contributed by atoms with Gasteiger partial charge in [0.05, 0.1) is 31.2 Å². The van der Waals surface area contributed by atoms with E-state index in [4.69, 9.17) is 9.15 Å². The molecule has 4 heteroatoms. The zero-order valence-electron chi connectivity index (χ0n) is 11.3. The summed E-state index contributed by atoms with van der Waals surface area (Å²) in [5, 5.41) is 3.29. The van der Waals surface area contributed by atoms with E-state index in [-0.39, 0.29) is 12.0 Å². The van der Waals surface area contributed by atoms with E-state index in [0.717, 1.165) is 16.8 Å². The second kappa shape index (κ2) is 5.61. The van der Waals surface area contributed by atoms with E-state index in [1.807, 2.05) is 38.1 Å². The Kier molecular flexibility index (Phi) is 3.90. The van der Waals surface area contributed by atoms with Crippen LogP contribution in [0.25, 0.3) is 0 Å². The van der Waals surface area contributed by atoms with Gasteiger partial charge in [0, 0.05) is 11.3 Å². The number of esters is 1. The lowest BCUT2D eigenvalue weighted by atomic mass is 10.1. The third-order valence-electron chi connectivity index (χ3n) is 3.00. The Morgan fingerprint density at radius 1 is 1.37 bits per heavy atom. The predicted octanol–water partition coefficient (Wildman–Crippen LogP) is 3.55. The molecule has 2 aromatic rings. The second-order valence-electron chi connectivity index (χ2n) is 4.46. The molecule has 100 valence electrons. The Hall–Kier alpha value is -2.23. The van der Waals surface area contributed by atoms with Gasteiger partial charge in [-0.25, -0.2) is 4.79 Å². The molecule has 1 N–H and O–H groups in total. The van der Waals surface area contributed by atoms with Gasteiger partial charge in [0.2, 0.25) is 0 Å². The van der Waals surface area contributed by atoms with Crippen molar-refractivity contribution in [1.82, 2.24) is 0 Å². The third kappa shape index (κ3) is 2.96. The van der Waals surface area contributed by atoms with Gasteiger partial charge in [0.1, 0.15) is 0 Å². The number of hydrogen-bond acceptors (Lipinski definition) is 4. The minimum Gasteiger partial charge on any atom is -0.472 e. The molecule has 1 aromatic heterocycles. The molecule has 1 aromatic carbocycles. The number of nitrogens with one attached hydrogen (secondary N) is 1. The van der Waals surface area contributed by atoms with Crippen molar-refractivity contribution in [2.24, 2.45) is 0 Å². The van der Waals surface area contributed by atoms with E-state index >= 15 is 0 Å². The molecule has 2 rings (SSSR count). The van der Waals surface area contributed by atoms with Crippen LogP contribution in [-0.4, -0.2) is 13.1 Å². The molecule has 0 saturated carbocycles. The summed E-state index contributed by atoms with van der Waals surface area (Å²) in [5.41, 5.74) is 3.34. The van der Waals surface area contributed by atoms with Crippen LogP contribution >= 0.6 is 0 Å². The SMILES string of the molecule is COC(=O)c1cc(C)ccc1NC(C)c1ccoc1. The molecular weight excluding hydrogens is 242 g/mol. The van der Waals surface area contributed by atoms with Crippen LogP contribution in [-0.2, 0) is 4.74 Å². The molecule has 1 unspecified atom stereocenters. The van der Waals surface area contributed by atoms with Gasteiger partial charge in [0.25, 0.3) is 0 Å². The lowest BCUT2D eigenvalue weighted by Gasteiger charge is -2.16. The van der Waals surface area contributed by atoms with Gasteiger partial charge in [-0.2, -0.15) is 0 Å². The smallest absolute Gasteiger partial charge is 0.339 e. The number of carbonyl (C=O) groups excluding carboxylic acids is 1. The highest BCUT2D eigenvalue weighted by Gasteiger charge is 2.14. The number of aryl methyl sites for hydroxylation is 1. The van der Waals surface area contributed by atoms with Gasteiger partial charge >= 0.3 is 5.97 Å². The number of methoxy groups -OCH3 is 1. The number of furan rings is 1. The molecule has 1 heterocycles. The second-order valence-corrected chi connectivity index (χ2v) is 4.46. The predicted molar refractivity (Wildman–Crippen MR) is 73.3 cm³/mol. The van der Waals surface area contributed by atoms with Gasteiger partial charge < -0.3 is 14.5 Å². The topological polar surface area (TPSA) is 51.5 Å². The molecule has 0 saturated heterocycles. The Morgan fingerprint density at radius 3 is 2.79 bits per heavy atom. The Morgan fingerprint density at radius 2 is 2.16 bits per heavy atom. The molecule has 0 bridgehead atoms. The molecule has 4 nitrogen and oxygen atoms in total. The summed E-state index contributed by atoms with van der Waals surface area (Å²) in [6.45, 7) is 3.95. The maximum atomic E-state index is 11.8. The van der Waals surface area contributed by atoms with Crippen molar-refractivity contribution in [2.75, 3.05) is 12.4 Å². The summed E-state index contributed by atoms with van der Waals surface area (Å²) in [6.07, 6.45) is 3.31. The van der Waals surface area contributed by atoms with Crippen molar-refractivity contribution >= 4 is 11.7 Å². The normalized spacial score (nSPS) is 11.9. The number of anilines is 1. The quantitative estimate of drug-likeness (QED) is 0.853. The first kappa shape index (κ1) is 13.2. The van der Waals surface area contributed by atoms with Crippen LogP contribution in [0.3, 0.4) is 0 Å². The van der Waals surface area contributed by atoms with Crippen LogP contribution in [0.2, 0.25) is 0 Å². The first-order chi connectivity index (χ1) is 9.11. The van der Waals surface area contributed by atoms with Gasteiger partial charge in [-0.15, -0.1) is 0 Å². The molecular formula is C15H17NO3. The van der Waals surface area contributed by atoms with E-state index < -0.39 is 0 Å². The zero-order valence-corrected chi connectivity index (χ0v) is 11.3. The van der Waals surface area contributed by atoms with Crippen molar-refractivity contribution in [3.63, 3.8) is 0 Å². The maximum absolute atomic E-state index is 11.8. The van der Waals surface area contributed by atoms with Crippen LogP contribution in [0.4, 0.5) is 5.69 Å². The maximum Gasteiger partial charge on any atom is 0.339 e. The van der Waals surface area contributed by atoms with Crippen molar-refractivity contribution < 1.29 is 13.9 Å². The zero-order chi connectivity index (χ0) is 13.8. The third-order valence-corrected chi connectivity index (χ3v) is 3.00. The van der Waals surface area contributed by atoms with E-state index in [0.29, 0.717) is 5.56 Å². The number of ether oxygens (including phenoxy) is 1. The van der Waals surface area contributed by atoms with Crippen LogP contribution < -0.4 is 5.32 Å². The van der Waals surface area contributed by atoms with Crippen LogP contribution in [0.1, 0.15) is 34.5 Å². The average Bonchev–Trinajstić information content (AvgIpc) is 2.94. The first-order valence-corrected chi connectivity index (χ1v) is 6.09. The number of rotatable bonds is 4. The van der Waals surface area contributed by atoms with Gasteiger partial charge in [0.15, 0.2) is 0 Å². The first-order valence-electron chi connectivity index (χ1n) is 6.09. The molecule has 0 aliphatic carbocycles. The minimum absolute atomic E-state index is 0.0462. The minimum atomic E-state index is -0.342. The fraction of sp³-hybridized carbons (Fsp3) is 0.267. The molecule has 0 radical (unpaired) electrons. The Balaban J connectivity index is 2.27. The van der Waals surface area contributed by atoms with Gasteiger partial charge in [-0.05, 0) is 32.0 Å². The highest BCUT2D eigenvalue weighted by molar-refractivity contribution is 5.95.